The maximum atomic E-state index is 12.4. The topological polar surface area (TPSA) is 151 Å². The Bertz CT molecular complexity index is 838. The van der Waals surface area contributed by atoms with Crippen LogP contribution >= 0.6 is 27.5 Å². The van der Waals surface area contributed by atoms with Crippen LogP contribution in [0.25, 0.3) is 10.9 Å². The SMILES string of the molecule is [2H]n1cc(C(=O)[C@H](O)[C@@H](O)[C@@](O)(Cl)[C@@](O)(Br)C(=O)O)c2ccccc21. The van der Waals surface area contributed by atoms with E-state index in [4.69, 9.17) is 18.1 Å². The molecular formula is C14H13BrClNO7. The third-order valence-electron chi connectivity index (χ3n) is 3.50. The summed E-state index contributed by atoms with van der Waals surface area (Å²) < 4.78 is 4.48. The molecule has 0 unspecified atom stereocenters. The predicted molar refractivity (Wildman–Crippen MR) is 87.0 cm³/mol. The van der Waals surface area contributed by atoms with Crippen LogP contribution in [-0.4, -0.2) is 64.0 Å². The summed E-state index contributed by atoms with van der Waals surface area (Å²) in [5.41, 5.74) is 0.189. The number of alkyl halides is 2. The minimum atomic E-state index is -3.34. The van der Waals surface area contributed by atoms with Gasteiger partial charge in [-0.05, 0) is 22.0 Å². The number of rotatable bonds is 6. The number of hydrogen-bond donors (Lipinski definition) is 6. The predicted octanol–water partition coefficient (Wildman–Crippen LogP) is 0.168. The Morgan fingerprint density at radius 1 is 1.29 bits per heavy atom. The van der Waals surface area contributed by atoms with E-state index in [-0.39, 0.29) is 5.56 Å². The molecule has 2 rings (SSSR count). The number of carbonyl (C=O) groups is 2. The molecule has 4 atom stereocenters. The number of aliphatic hydroxyl groups excluding tert-OH is 2. The van der Waals surface area contributed by atoms with Gasteiger partial charge in [0, 0.05) is 22.7 Å². The lowest BCUT2D eigenvalue weighted by atomic mass is 9.95. The number of aromatic amines is 1. The quantitative estimate of drug-likeness (QED) is 0.286. The average Bonchev–Trinajstić information content (AvgIpc) is 2.89. The fourth-order valence-corrected chi connectivity index (χ4v) is 2.51. The van der Waals surface area contributed by atoms with Gasteiger partial charge in [-0.15, -0.1) is 0 Å². The third kappa shape index (κ3) is 2.94. The van der Waals surface area contributed by atoms with E-state index in [1.807, 2.05) is 0 Å². The number of aromatic nitrogens is 1. The largest absolute Gasteiger partial charge is 0.478 e. The van der Waals surface area contributed by atoms with Crippen molar-refractivity contribution in [3.05, 3.63) is 36.0 Å². The second kappa shape index (κ2) is 6.43. The molecule has 0 fully saturated rings. The molecule has 6 N–H and O–H groups in total. The normalized spacial score (nSPS) is 19.8. The summed E-state index contributed by atoms with van der Waals surface area (Å²) in [6.45, 7) is 0. The molecule has 0 amide bonds. The zero-order chi connectivity index (χ0) is 19.2. The zero-order valence-corrected chi connectivity index (χ0v) is 14.1. The number of benzene rings is 1. The number of carboxylic acid groups (broad SMARTS) is 1. The molecule has 24 heavy (non-hydrogen) atoms. The molecule has 0 aliphatic carbocycles. The monoisotopic (exact) mass is 422 g/mol. The summed E-state index contributed by atoms with van der Waals surface area (Å²) in [6, 6.07) is 6.25. The first-order chi connectivity index (χ1) is 11.4. The smallest absolute Gasteiger partial charge is 0.351 e. The van der Waals surface area contributed by atoms with E-state index in [9.17, 15) is 30.0 Å². The number of carboxylic acids is 1. The molecule has 8 nitrogen and oxygen atoms in total. The first-order valence-electron chi connectivity index (χ1n) is 6.93. The molecule has 0 radical (unpaired) electrons. The summed E-state index contributed by atoms with van der Waals surface area (Å²) in [5.74, 6) is -3.17. The van der Waals surface area contributed by atoms with Crippen LogP contribution in [0.3, 0.4) is 0 Å². The van der Waals surface area contributed by atoms with Crippen molar-refractivity contribution in [2.45, 2.75) is 21.8 Å². The van der Waals surface area contributed by atoms with E-state index in [1.165, 1.54) is 6.07 Å². The first-order valence-corrected chi connectivity index (χ1v) is 7.65. The Morgan fingerprint density at radius 3 is 2.46 bits per heavy atom. The molecule has 0 aliphatic rings. The lowest BCUT2D eigenvalue weighted by Gasteiger charge is -2.36. The minimum Gasteiger partial charge on any atom is -0.478 e. The number of carbonyl (C=O) groups excluding carboxylic acids is 1. The fourth-order valence-electron chi connectivity index (χ4n) is 2.07. The highest BCUT2D eigenvalue weighted by atomic mass is 79.9. The molecule has 1 heterocycles. The Labute approximate surface area is 149 Å². The van der Waals surface area contributed by atoms with Crippen molar-refractivity contribution in [3.63, 3.8) is 0 Å². The zero-order valence-electron chi connectivity index (χ0n) is 12.8. The lowest BCUT2D eigenvalue weighted by molar-refractivity contribution is -0.174. The number of fused-ring (bicyclic) bond motifs is 1. The van der Waals surface area contributed by atoms with Crippen molar-refractivity contribution >= 4 is 50.2 Å². The van der Waals surface area contributed by atoms with Gasteiger partial charge in [0.15, 0.2) is 7.20 Å². The van der Waals surface area contributed by atoms with Crippen molar-refractivity contribution < 1.29 is 36.5 Å². The summed E-state index contributed by atoms with van der Waals surface area (Å²) in [5, 5.41) is 45.5. The number of aliphatic carboxylic acids is 1. The van der Waals surface area contributed by atoms with Gasteiger partial charge in [-0.3, -0.25) is 4.79 Å². The van der Waals surface area contributed by atoms with Crippen LogP contribution in [-0.2, 0) is 4.79 Å². The second-order valence-electron chi connectivity index (χ2n) is 5.04. The molecule has 1 aromatic heterocycles. The second-order valence-corrected chi connectivity index (χ2v) is 6.77. The molecule has 130 valence electrons. The number of aliphatic hydroxyl groups is 4. The number of halogens is 2. The third-order valence-corrected chi connectivity index (χ3v) is 5.17. The van der Waals surface area contributed by atoms with Crippen molar-refractivity contribution in [1.82, 2.24) is 4.98 Å². The number of ketones is 1. The van der Waals surface area contributed by atoms with Crippen molar-refractivity contribution in [2.75, 3.05) is 0 Å². The fraction of sp³-hybridized carbons (Fsp3) is 0.286. The van der Waals surface area contributed by atoms with E-state index >= 15 is 0 Å². The summed E-state index contributed by atoms with van der Waals surface area (Å²) in [4.78, 5) is 24.3. The highest BCUT2D eigenvalue weighted by molar-refractivity contribution is 9.10. The van der Waals surface area contributed by atoms with Crippen LogP contribution in [0.2, 0.25) is 1.41 Å². The van der Waals surface area contributed by atoms with Gasteiger partial charge in [0.05, 0.1) is 0 Å². The van der Waals surface area contributed by atoms with Gasteiger partial charge in [0.25, 0.3) is 4.51 Å². The highest BCUT2D eigenvalue weighted by Gasteiger charge is 2.60. The molecule has 0 saturated carbocycles. The summed E-state index contributed by atoms with van der Waals surface area (Å²) in [7, 11) is 0. The van der Waals surface area contributed by atoms with Crippen LogP contribution in [0.15, 0.2) is 30.5 Å². The molecule has 10 heteroatoms. The van der Waals surface area contributed by atoms with Crippen LogP contribution in [0.4, 0.5) is 0 Å². The number of para-hydroxylation sites is 1. The Morgan fingerprint density at radius 2 is 1.88 bits per heavy atom. The van der Waals surface area contributed by atoms with Gasteiger partial charge in [-0.2, -0.15) is 0 Å². The van der Waals surface area contributed by atoms with E-state index in [0.29, 0.717) is 10.9 Å². The number of Topliss-reactive ketones (excluding diaryl/α,β-unsaturated/α-hetero) is 1. The van der Waals surface area contributed by atoms with Gasteiger partial charge in [-0.1, -0.05) is 29.8 Å². The van der Waals surface area contributed by atoms with E-state index in [2.05, 4.69) is 15.9 Å². The number of nitrogens with one attached hydrogen (secondary N) is 1. The standard InChI is InChI=1S/C14H13BrClNO7/c15-13(23,12(21)22)14(16,24)11(20)10(19)9(18)7-5-17-8-4-2-1-3-6(7)8/h1-5,10-11,17,19-20,23-24H,(H,21,22)/t10-,11+,13+,14-/m0/s1/i/hD. The Kier molecular flexibility index (Phi) is 4.65. The van der Waals surface area contributed by atoms with Crippen LogP contribution in [0.1, 0.15) is 10.4 Å². The molecular weight excluding hydrogens is 410 g/mol. The van der Waals surface area contributed by atoms with Gasteiger partial charge in [0.2, 0.25) is 5.06 Å². The molecule has 0 saturated heterocycles. The lowest BCUT2D eigenvalue weighted by Crippen LogP contribution is -2.62. The molecule has 0 bridgehead atoms. The van der Waals surface area contributed by atoms with Crippen LogP contribution in [0.5, 0.6) is 0 Å². The van der Waals surface area contributed by atoms with Gasteiger partial charge in [-0.25, -0.2) is 4.79 Å². The molecule has 0 spiro atoms. The van der Waals surface area contributed by atoms with E-state index in [1.54, 1.807) is 18.2 Å². The summed E-state index contributed by atoms with van der Waals surface area (Å²) in [6.07, 6.45) is -3.87. The van der Waals surface area contributed by atoms with E-state index in [0.717, 1.165) is 11.2 Å². The highest BCUT2D eigenvalue weighted by Crippen LogP contribution is 2.37. The maximum Gasteiger partial charge on any atom is 0.351 e. The first kappa shape index (κ1) is 17.3. The molecule has 0 aliphatic heterocycles. The average molecular weight is 424 g/mol. The van der Waals surface area contributed by atoms with E-state index < -0.39 is 33.5 Å². The number of H-pyrrole nitrogens is 1. The maximum absolute atomic E-state index is 12.4. The Balaban J connectivity index is 2.40. The van der Waals surface area contributed by atoms with Gasteiger partial charge >= 0.3 is 5.97 Å². The Hall–Kier alpha value is -1.49. The van der Waals surface area contributed by atoms with Crippen molar-refractivity contribution in [3.8, 4) is 0 Å². The summed E-state index contributed by atoms with van der Waals surface area (Å²) >= 11 is 7.74. The minimum absolute atomic E-state index is 0.155. The van der Waals surface area contributed by atoms with Crippen LogP contribution in [0, 0.1) is 0 Å². The van der Waals surface area contributed by atoms with Crippen molar-refractivity contribution in [1.29, 1.82) is 0 Å². The van der Waals surface area contributed by atoms with Crippen molar-refractivity contribution in [2.24, 2.45) is 0 Å². The number of hydrogen-bond acceptors (Lipinski definition) is 6. The molecule has 2 aromatic rings. The van der Waals surface area contributed by atoms with Gasteiger partial charge in [0.1, 0.15) is 12.2 Å². The molecule has 1 aromatic carbocycles. The van der Waals surface area contributed by atoms with Crippen LogP contribution < -0.4 is 0 Å². The van der Waals surface area contributed by atoms with Gasteiger partial charge < -0.3 is 30.5 Å².